The van der Waals surface area contributed by atoms with E-state index in [-0.39, 0.29) is 17.8 Å². The number of carbonyl (C=O) groups excluding carboxylic acids is 1. The fourth-order valence-corrected chi connectivity index (χ4v) is 2.93. The van der Waals surface area contributed by atoms with E-state index in [2.05, 4.69) is 10.1 Å². The zero-order valence-electron chi connectivity index (χ0n) is 13.2. The van der Waals surface area contributed by atoms with E-state index in [1.807, 2.05) is 11.8 Å². The topological polar surface area (TPSA) is 59.2 Å². The summed E-state index contributed by atoms with van der Waals surface area (Å²) in [7, 11) is 0. The molecule has 1 aliphatic heterocycles. The number of amides is 1. The van der Waals surface area contributed by atoms with E-state index in [9.17, 15) is 9.18 Å². The fraction of sp³-hybridized carbons (Fsp3) is 0.471. The summed E-state index contributed by atoms with van der Waals surface area (Å²) < 4.78 is 18.4. The molecule has 1 amide bonds. The number of piperidine rings is 1. The van der Waals surface area contributed by atoms with Crippen LogP contribution < -0.4 is 0 Å². The van der Waals surface area contributed by atoms with Crippen LogP contribution in [-0.4, -0.2) is 27.5 Å². The Bertz CT molecular complexity index is 669. The van der Waals surface area contributed by atoms with Crippen molar-refractivity contribution in [3.05, 3.63) is 36.0 Å². The largest absolute Gasteiger partial charge is 0.337 e. The van der Waals surface area contributed by atoms with Gasteiger partial charge in [-0.05, 0) is 49.9 Å². The molecule has 6 heteroatoms. The van der Waals surface area contributed by atoms with Crippen LogP contribution in [0.5, 0.6) is 0 Å². The van der Waals surface area contributed by atoms with Crippen LogP contribution in [0.2, 0.25) is 0 Å². The van der Waals surface area contributed by atoms with Crippen LogP contribution in [0.3, 0.4) is 0 Å². The van der Waals surface area contributed by atoms with Gasteiger partial charge in [-0.25, -0.2) is 4.39 Å². The lowest BCUT2D eigenvalue weighted by molar-refractivity contribution is -0.135. The first-order valence-corrected chi connectivity index (χ1v) is 8.08. The number of aromatic nitrogens is 2. The van der Waals surface area contributed by atoms with Crippen LogP contribution in [0.25, 0.3) is 11.4 Å². The van der Waals surface area contributed by atoms with E-state index in [4.69, 9.17) is 4.52 Å². The third kappa shape index (κ3) is 3.41. The standard InChI is InChI=1S/C17H20FN3O2/c1-2-5-15(22)21-11-4-3-6-14(21)17-19-16(20-23-17)12-7-9-13(18)10-8-12/h7-10,14H,2-6,11H2,1H3. The number of halogens is 1. The third-order valence-electron chi connectivity index (χ3n) is 4.12. The van der Waals surface area contributed by atoms with Gasteiger partial charge < -0.3 is 9.42 Å². The molecule has 2 aromatic rings. The number of benzene rings is 1. The highest BCUT2D eigenvalue weighted by Gasteiger charge is 2.31. The summed E-state index contributed by atoms with van der Waals surface area (Å²) in [5.74, 6) is 0.724. The minimum absolute atomic E-state index is 0.138. The molecule has 122 valence electrons. The maximum Gasteiger partial charge on any atom is 0.249 e. The molecule has 0 aliphatic carbocycles. The van der Waals surface area contributed by atoms with E-state index >= 15 is 0 Å². The number of hydrogen-bond donors (Lipinski definition) is 0. The minimum Gasteiger partial charge on any atom is -0.337 e. The molecule has 0 spiro atoms. The quantitative estimate of drug-likeness (QED) is 0.862. The molecule has 1 aromatic carbocycles. The van der Waals surface area contributed by atoms with Crippen LogP contribution in [0, 0.1) is 5.82 Å². The summed E-state index contributed by atoms with van der Waals surface area (Å²) in [6.07, 6.45) is 4.24. The Labute approximate surface area is 134 Å². The lowest BCUT2D eigenvalue weighted by Crippen LogP contribution is -2.38. The highest BCUT2D eigenvalue weighted by atomic mass is 19.1. The van der Waals surface area contributed by atoms with Gasteiger partial charge in [0.25, 0.3) is 0 Å². The highest BCUT2D eigenvalue weighted by Crippen LogP contribution is 2.31. The van der Waals surface area contributed by atoms with Crippen molar-refractivity contribution in [2.45, 2.75) is 45.1 Å². The summed E-state index contributed by atoms with van der Waals surface area (Å²) in [5, 5.41) is 3.98. The molecule has 3 rings (SSSR count). The van der Waals surface area contributed by atoms with Crippen molar-refractivity contribution >= 4 is 5.91 Å². The van der Waals surface area contributed by atoms with Gasteiger partial charge in [-0.2, -0.15) is 4.98 Å². The highest BCUT2D eigenvalue weighted by molar-refractivity contribution is 5.76. The fourth-order valence-electron chi connectivity index (χ4n) is 2.93. The van der Waals surface area contributed by atoms with Crippen molar-refractivity contribution in [2.75, 3.05) is 6.54 Å². The van der Waals surface area contributed by atoms with Crippen molar-refractivity contribution in [2.24, 2.45) is 0 Å². The smallest absolute Gasteiger partial charge is 0.249 e. The van der Waals surface area contributed by atoms with E-state index in [0.717, 1.165) is 32.2 Å². The van der Waals surface area contributed by atoms with E-state index < -0.39 is 0 Å². The van der Waals surface area contributed by atoms with Crippen LogP contribution in [0.15, 0.2) is 28.8 Å². The molecule has 1 aromatic heterocycles. The maximum atomic E-state index is 13.0. The molecule has 0 N–H and O–H groups in total. The second-order valence-electron chi connectivity index (χ2n) is 5.81. The van der Waals surface area contributed by atoms with Crippen LogP contribution >= 0.6 is 0 Å². The molecule has 1 saturated heterocycles. The number of nitrogens with zero attached hydrogens (tertiary/aromatic N) is 3. The van der Waals surface area contributed by atoms with Gasteiger partial charge in [0.15, 0.2) is 0 Å². The molecule has 0 radical (unpaired) electrons. The molecule has 1 aliphatic rings. The van der Waals surface area contributed by atoms with Gasteiger partial charge in [-0.1, -0.05) is 12.1 Å². The molecule has 1 unspecified atom stereocenters. The minimum atomic E-state index is -0.305. The normalized spacial score (nSPS) is 18.2. The summed E-state index contributed by atoms with van der Waals surface area (Å²) >= 11 is 0. The number of carbonyl (C=O) groups is 1. The van der Waals surface area contributed by atoms with Gasteiger partial charge >= 0.3 is 0 Å². The Morgan fingerprint density at radius 3 is 2.87 bits per heavy atom. The van der Waals surface area contributed by atoms with Crippen LogP contribution in [0.4, 0.5) is 4.39 Å². The van der Waals surface area contributed by atoms with E-state index in [1.165, 1.54) is 12.1 Å². The maximum absolute atomic E-state index is 13.0. The second-order valence-corrected chi connectivity index (χ2v) is 5.81. The molecular formula is C17H20FN3O2. The van der Waals surface area contributed by atoms with Gasteiger partial charge in [-0.15, -0.1) is 0 Å². The van der Waals surface area contributed by atoms with Gasteiger partial charge in [0.1, 0.15) is 11.9 Å². The zero-order valence-corrected chi connectivity index (χ0v) is 13.2. The van der Waals surface area contributed by atoms with Crippen molar-refractivity contribution < 1.29 is 13.7 Å². The lowest BCUT2D eigenvalue weighted by atomic mass is 10.0. The average Bonchev–Trinajstić information content (AvgIpc) is 3.05. The SMILES string of the molecule is CCCC(=O)N1CCCCC1c1nc(-c2ccc(F)cc2)no1. The predicted molar refractivity (Wildman–Crippen MR) is 82.9 cm³/mol. The number of rotatable bonds is 4. The van der Waals surface area contributed by atoms with Crippen molar-refractivity contribution in [1.29, 1.82) is 0 Å². The Balaban J connectivity index is 1.82. The van der Waals surface area contributed by atoms with Crippen molar-refractivity contribution in [1.82, 2.24) is 15.0 Å². The predicted octanol–water partition coefficient (Wildman–Crippen LogP) is 3.73. The second kappa shape index (κ2) is 6.89. The molecule has 1 atom stereocenters. The van der Waals surface area contributed by atoms with Gasteiger partial charge in [0.05, 0.1) is 0 Å². The lowest BCUT2D eigenvalue weighted by Gasteiger charge is -2.33. The first-order valence-electron chi connectivity index (χ1n) is 8.08. The molecule has 5 nitrogen and oxygen atoms in total. The molecule has 23 heavy (non-hydrogen) atoms. The monoisotopic (exact) mass is 317 g/mol. The third-order valence-corrected chi connectivity index (χ3v) is 4.12. The Morgan fingerprint density at radius 1 is 1.35 bits per heavy atom. The number of likely N-dealkylation sites (tertiary alicyclic amines) is 1. The Morgan fingerprint density at radius 2 is 2.13 bits per heavy atom. The molecule has 0 bridgehead atoms. The number of hydrogen-bond acceptors (Lipinski definition) is 4. The summed E-state index contributed by atoms with van der Waals surface area (Å²) in [5.41, 5.74) is 0.698. The summed E-state index contributed by atoms with van der Waals surface area (Å²) in [6, 6.07) is 5.81. The van der Waals surface area contributed by atoms with E-state index in [1.54, 1.807) is 12.1 Å². The first kappa shape index (κ1) is 15.6. The zero-order chi connectivity index (χ0) is 16.2. The molecular weight excluding hydrogens is 297 g/mol. The molecule has 2 heterocycles. The van der Waals surface area contributed by atoms with E-state index in [0.29, 0.717) is 23.7 Å². The van der Waals surface area contributed by atoms with Gasteiger partial charge in [0, 0.05) is 18.5 Å². The van der Waals surface area contributed by atoms with Crippen molar-refractivity contribution in [3.8, 4) is 11.4 Å². The molecule has 1 fully saturated rings. The summed E-state index contributed by atoms with van der Waals surface area (Å²) in [6.45, 7) is 2.73. The molecule has 0 saturated carbocycles. The Hall–Kier alpha value is -2.24. The van der Waals surface area contributed by atoms with Crippen LogP contribution in [-0.2, 0) is 4.79 Å². The van der Waals surface area contributed by atoms with Crippen molar-refractivity contribution in [3.63, 3.8) is 0 Å². The first-order chi connectivity index (χ1) is 11.2. The van der Waals surface area contributed by atoms with Gasteiger partial charge in [-0.3, -0.25) is 4.79 Å². The van der Waals surface area contributed by atoms with Gasteiger partial charge in [0.2, 0.25) is 17.6 Å². The summed E-state index contributed by atoms with van der Waals surface area (Å²) in [4.78, 5) is 18.6. The average molecular weight is 317 g/mol. The Kier molecular flexibility index (Phi) is 4.69. The van der Waals surface area contributed by atoms with Crippen LogP contribution in [0.1, 0.15) is 51.0 Å².